The van der Waals surface area contributed by atoms with Gasteiger partial charge in [-0.25, -0.2) is 4.79 Å². The van der Waals surface area contributed by atoms with Crippen LogP contribution in [0.5, 0.6) is 0 Å². The highest BCUT2D eigenvalue weighted by Crippen LogP contribution is 2.14. The van der Waals surface area contributed by atoms with E-state index in [4.69, 9.17) is 0 Å². The van der Waals surface area contributed by atoms with Crippen molar-refractivity contribution in [3.05, 3.63) is 34.2 Å². The molecule has 0 aliphatic rings. The molecule has 0 radical (unpaired) electrons. The standard InChI is InChI=1S/C14H21N3O.ClH/c1-5-10(2)15-9-11-6-7-12-13(8-11)17(4)14(18)16(12)3;/h6-8,10,15H,5,9H2,1-4H3;1H. The third-order valence-corrected chi connectivity index (χ3v) is 3.60. The first-order chi connectivity index (χ1) is 8.54. The van der Waals surface area contributed by atoms with Crippen LogP contribution in [-0.2, 0) is 20.6 Å². The van der Waals surface area contributed by atoms with Crippen LogP contribution in [0.4, 0.5) is 0 Å². The van der Waals surface area contributed by atoms with Crippen molar-refractivity contribution in [1.82, 2.24) is 14.5 Å². The van der Waals surface area contributed by atoms with Gasteiger partial charge < -0.3 is 5.32 Å². The fraction of sp³-hybridized carbons (Fsp3) is 0.500. The predicted molar refractivity (Wildman–Crippen MR) is 82.0 cm³/mol. The van der Waals surface area contributed by atoms with Gasteiger partial charge >= 0.3 is 5.69 Å². The van der Waals surface area contributed by atoms with Gasteiger partial charge in [0, 0.05) is 26.7 Å². The molecule has 2 aromatic rings. The van der Waals surface area contributed by atoms with Crippen molar-refractivity contribution in [2.24, 2.45) is 14.1 Å². The number of aryl methyl sites for hydroxylation is 2. The van der Waals surface area contributed by atoms with Crippen LogP contribution < -0.4 is 11.0 Å². The number of halogens is 1. The zero-order valence-corrected chi connectivity index (χ0v) is 12.8. The molecular weight excluding hydrogens is 262 g/mol. The van der Waals surface area contributed by atoms with Crippen molar-refractivity contribution in [3.63, 3.8) is 0 Å². The molecule has 1 unspecified atom stereocenters. The topological polar surface area (TPSA) is 39.0 Å². The Kier molecular flexibility index (Phi) is 5.20. The van der Waals surface area contributed by atoms with E-state index in [-0.39, 0.29) is 18.1 Å². The Balaban J connectivity index is 0.00000180. The van der Waals surface area contributed by atoms with E-state index in [0.29, 0.717) is 6.04 Å². The Labute approximate surface area is 119 Å². The Hall–Kier alpha value is -1.26. The number of nitrogens with one attached hydrogen (secondary N) is 1. The maximum atomic E-state index is 11.8. The number of fused-ring (bicyclic) bond motifs is 1. The Morgan fingerprint density at radius 2 is 1.84 bits per heavy atom. The third kappa shape index (κ3) is 3.01. The zero-order valence-electron chi connectivity index (χ0n) is 11.9. The summed E-state index contributed by atoms with van der Waals surface area (Å²) in [4.78, 5) is 11.8. The highest BCUT2D eigenvalue weighted by molar-refractivity contribution is 5.85. The van der Waals surface area contributed by atoms with E-state index in [1.54, 1.807) is 9.13 Å². The first-order valence-electron chi connectivity index (χ1n) is 6.42. The maximum Gasteiger partial charge on any atom is 0.328 e. The number of aromatic nitrogens is 2. The molecule has 1 N–H and O–H groups in total. The van der Waals surface area contributed by atoms with Crippen LogP contribution in [0.2, 0.25) is 0 Å². The van der Waals surface area contributed by atoms with E-state index in [0.717, 1.165) is 24.0 Å². The SMILES string of the molecule is CCC(C)NCc1ccc2c(c1)n(C)c(=O)n2C.Cl. The van der Waals surface area contributed by atoms with Crippen LogP contribution in [0, 0.1) is 0 Å². The highest BCUT2D eigenvalue weighted by Gasteiger charge is 2.08. The van der Waals surface area contributed by atoms with E-state index in [9.17, 15) is 4.79 Å². The number of nitrogens with zero attached hydrogens (tertiary/aromatic N) is 2. The molecule has 1 atom stereocenters. The summed E-state index contributed by atoms with van der Waals surface area (Å²) in [6.45, 7) is 5.19. The van der Waals surface area contributed by atoms with Gasteiger partial charge in [-0.3, -0.25) is 9.13 Å². The second kappa shape index (κ2) is 6.26. The lowest BCUT2D eigenvalue weighted by Gasteiger charge is -2.11. The molecule has 0 amide bonds. The van der Waals surface area contributed by atoms with Gasteiger partial charge in [0.1, 0.15) is 0 Å². The minimum Gasteiger partial charge on any atom is -0.310 e. The zero-order chi connectivity index (χ0) is 13.3. The van der Waals surface area contributed by atoms with E-state index in [1.807, 2.05) is 20.2 Å². The molecule has 0 saturated carbocycles. The van der Waals surface area contributed by atoms with Crippen LogP contribution in [-0.4, -0.2) is 15.2 Å². The largest absolute Gasteiger partial charge is 0.328 e. The fourth-order valence-corrected chi connectivity index (χ4v) is 2.10. The van der Waals surface area contributed by atoms with E-state index in [1.165, 1.54) is 5.56 Å². The number of imidazole rings is 1. The summed E-state index contributed by atoms with van der Waals surface area (Å²) >= 11 is 0. The second-order valence-corrected chi connectivity index (χ2v) is 4.91. The molecule has 2 rings (SSSR count). The molecule has 5 heteroatoms. The third-order valence-electron chi connectivity index (χ3n) is 3.60. The Morgan fingerprint density at radius 1 is 1.21 bits per heavy atom. The van der Waals surface area contributed by atoms with Gasteiger partial charge in [0.25, 0.3) is 0 Å². The Bertz CT molecular complexity index is 615. The number of hydrogen-bond acceptors (Lipinski definition) is 2. The summed E-state index contributed by atoms with van der Waals surface area (Å²) in [6, 6.07) is 6.70. The lowest BCUT2D eigenvalue weighted by atomic mass is 10.1. The maximum absolute atomic E-state index is 11.8. The van der Waals surface area contributed by atoms with Crippen LogP contribution in [0.1, 0.15) is 25.8 Å². The van der Waals surface area contributed by atoms with Crippen molar-refractivity contribution in [1.29, 1.82) is 0 Å². The molecule has 19 heavy (non-hydrogen) atoms. The number of benzene rings is 1. The molecule has 1 heterocycles. The normalized spacial score (nSPS) is 12.4. The van der Waals surface area contributed by atoms with Gasteiger partial charge in [0.05, 0.1) is 11.0 Å². The van der Waals surface area contributed by atoms with E-state index >= 15 is 0 Å². The first-order valence-corrected chi connectivity index (χ1v) is 6.42. The number of rotatable bonds is 4. The summed E-state index contributed by atoms with van der Waals surface area (Å²) in [6.07, 6.45) is 1.12. The molecule has 0 bridgehead atoms. The number of hydrogen-bond donors (Lipinski definition) is 1. The van der Waals surface area contributed by atoms with Gasteiger partial charge in [-0.15, -0.1) is 12.4 Å². The van der Waals surface area contributed by atoms with Gasteiger partial charge in [-0.05, 0) is 31.0 Å². The van der Waals surface area contributed by atoms with Crippen LogP contribution in [0.3, 0.4) is 0 Å². The van der Waals surface area contributed by atoms with Gasteiger partial charge in [0.15, 0.2) is 0 Å². The molecule has 0 saturated heterocycles. The molecule has 106 valence electrons. The lowest BCUT2D eigenvalue weighted by Crippen LogP contribution is -2.24. The fourth-order valence-electron chi connectivity index (χ4n) is 2.10. The molecule has 1 aromatic heterocycles. The molecule has 4 nitrogen and oxygen atoms in total. The second-order valence-electron chi connectivity index (χ2n) is 4.91. The average Bonchev–Trinajstić information content (AvgIpc) is 2.61. The van der Waals surface area contributed by atoms with Gasteiger partial charge in [-0.2, -0.15) is 0 Å². The minimum absolute atomic E-state index is 0. The van der Waals surface area contributed by atoms with Crippen LogP contribution >= 0.6 is 12.4 Å². The molecule has 1 aromatic carbocycles. The van der Waals surface area contributed by atoms with E-state index < -0.39 is 0 Å². The van der Waals surface area contributed by atoms with Crippen molar-refractivity contribution in [2.75, 3.05) is 0 Å². The molecular formula is C14H22ClN3O. The summed E-state index contributed by atoms with van der Waals surface area (Å²) in [5.41, 5.74) is 3.21. The lowest BCUT2D eigenvalue weighted by molar-refractivity contribution is 0.534. The van der Waals surface area contributed by atoms with Gasteiger partial charge in [0.2, 0.25) is 0 Å². The summed E-state index contributed by atoms with van der Waals surface area (Å²) in [5, 5.41) is 3.46. The van der Waals surface area contributed by atoms with Gasteiger partial charge in [-0.1, -0.05) is 13.0 Å². The van der Waals surface area contributed by atoms with Crippen molar-refractivity contribution in [3.8, 4) is 0 Å². The predicted octanol–water partition coefficient (Wildman–Crippen LogP) is 2.19. The first kappa shape index (κ1) is 15.8. The monoisotopic (exact) mass is 283 g/mol. The van der Waals surface area contributed by atoms with Crippen molar-refractivity contribution in [2.45, 2.75) is 32.9 Å². The minimum atomic E-state index is 0. The summed E-state index contributed by atoms with van der Waals surface area (Å²) in [7, 11) is 3.62. The smallest absolute Gasteiger partial charge is 0.310 e. The van der Waals surface area contributed by atoms with Crippen LogP contribution in [0.15, 0.2) is 23.0 Å². The quantitative estimate of drug-likeness (QED) is 0.934. The summed E-state index contributed by atoms with van der Waals surface area (Å²) in [5.74, 6) is 0. The average molecular weight is 284 g/mol. The molecule has 0 fully saturated rings. The molecule has 0 aliphatic carbocycles. The van der Waals surface area contributed by atoms with E-state index in [2.05, 4.69) is 31.3 Å². The molecule has 0 spiro atoms. The summed E-state index contributed by atoms with van der Waals surface area (Å²) < 4.78 is 3.38. The van der Waals surface area contributed by atoms with Crippen molar-refractivity contribution < 1.29 is 0 Å². The van der Waals surface area contributed by atoms with Crippen LogP contribution in [0.25, 0.3) is 11.0 Å². The van der Waals surface area contributed by atoms with Crippen molar-refractivity contribution >= 4 is 23.4 Å². The highest BCUT2D eigenvalue weighted by atomic mass is 35.5. The molecule has 0 aliphatic heterocycles. The Morgan fingerprint density at radius 3 is 2.47 bits per heavy atom.